The molecule has 2 heterocycles. The minimum absolute atomic E-state index is 0.123. The molecule has 6 nitrogen and oxygen atoms in total. The fraction of sp³-hybridized carbons (Fsp3) is 0.474. The minimum atomic E-state index is -0.358. The SMILES string of the molecule is CCc1nnc(NC2CCCN(c3ccc(C#N)cc3F)C2)nc1CC. The van der Waals surface area contributed by atoms with Gasteiger partial charge in [-0.2, -0.15) is 10.4 Å². The molecule has 0 spiro atoms. The number of hydrogen-bond donors (Lipinski definition) is 1. The number of rotatable bonds is 5. The van der Waals surface area contributed by atoms with Crippen LogP contribution in [0.15, 0.2) is 18.2 Å². The van der Waals surface area contributed by atoms with Gasteiger partial charge in [0.05, 0.1) is 28.7 Å². The van der Waals surface area contributed by atoms with Crippen molar-refractivity contribution in [1.82, 2.24) is 15.2 Å². The van der Waals surface area contributed by atoms with E-state index in [4.69, 9.17) is 5.26 Å². The number of piperidine rings is 1. The second-order valence-electron chi connectivity index (χ2n) is 6.44. The molecule has 1 N–H and O–H groups in total. The number of nitrogens with one attached hydrogen (secondary N) is 1. The molecule has 1 unspecified atom stereocenters. The van der Waals surface area contributed by atoms with Crippen LogP contribution in [0.25, 0.3) is 0 Å². The van der Waals surface area contributed by atoms with Crippen LogP contribution in [0.2, 0.25) is 0 Å². The van der Waals surface area contributed by atoms with E-state index < -0.39 is 0 Å². The zero-order valence-corrected chi connectivity index (χ0v) is 15.2. The summed E-state index contributed by atoms with van der Waals surface area (Å²) in [6.07, 6.45) is 3.55. The molecule has 3 rings (SSSR count). The summed E-state index contributed by atoms with van der Waals surface area (Å²) >= 11 is 0. The van der Waals surface area contributed by atoms with Crippen molar-refractivity contribution < 1.29 is 4.39 Å². The standard InChI is InChI=1S/C19H23FN6/c1-3-16-17(4-2)24-25-19(23-16)22-14-6-5-9-26(12-14)18-8-7-13(11-21)10-15(18)20/h7-8,10,14H,3-6,9,12H2,1-2H3,(H,22,23,25). The third-order valence-electron chi connectivity index (χ3n) is 4.68. The lowest BCUT2D eigenvalue weighted by Gasteiger charge is -2.35. The zero-order chi connectivity index (χ0) is 18.5. The van der Waals surface area contributed by atoms with E-state index in [-0.39, 0.29) is 11.9 Å². The number of aryl methyl sites for hydroxylation is 2. The summed E-state index contributed by atoms with van der Waals surface area (Å²) in [7, 11) is 0. The van der Waals surface area contributed by atoms with Crippen LogP contribution < -0.4 is 10.2 Å². The Hall–Kier alpha value is -2.75. The van der Waals surface area contributed by atoms with Gasteiger partial charge < -0.3 is 10.2 Å². The van der Waals surface area contributed by atoms with Gasteiger partial charge in [0.1, 0.15) is 5.82 Å². The van der Waals surface area contributed by atoms with Crippen molar-refractivity contribution in [2.45, 2.75) is 45.6 Å². The fourth-order valence-electron chi connectivity index (χ4n) is 3.33. The zero-order valence-electron chi connectivity index (χ0n) is 15.2. The first-order chi connectivity index (χ1) is 12.6. The third kappa shape index (κ3) is 3.90. The van der Waals surface area contributed by atoms with Crippen LogP contribution >= 0.6 is 0 Å². The van der Waals surface area contributed by atoms with Crippen LogP contribution in [0.5, 0.6) is 0 Å². The van der Waals surface area contributed by atoms with E-state index in [0.717, 1.165) is 43.6 Å². The molecule has 26 heavy (non-hydrogen) atoms. The lowest BCUT2D eigenvalue weighted by atomic mass is 10.0. The van der Waals surface area contributed by atoms with Crippen LogP contribution in [0, 0.1) is 17.1 Å². The van der Waals surface area contributed by atoms with Gasteiger partial charge >= 0.3 is 0 Å². The number of benzene rings is 1. The van der Waals surface area contributed by atoms with Crippen LogP contribution in [0.3, 0.4) is 0 Å². The second-order valence-corrected chi connectivity index (χ2v) is 6.44. The number of halogens is 1. The van der Waals surface area contributed by atoms with Crippen molar-refractivity contribution in [2.24, 2.45) is 0 Å². The first kappa shape index (κ1) is 18.1. The third-order valence-corrected chi connectivity index (χ3v) is 4.68. The highest BCUT2D eigenvalue weighted by Gasteiger charge is 2.23. The van der Waals surface area contributed by atoms with Crippen molar-refractivity contribution in [3.05, 3.63) is 41.0 Å². The molecule has 1 aliphatic heterocycles. The van der Waals surface area contributed by atoms with Gasteiger partial charge in [-0.05, 0) is 43.9 Å². The topological polar surface area (TPSA) is 77.7 Å². The molecule has 0 aliphatic carbocycles. The Labute approximate surface area is 153 Å². The van der Waals surface area contributed by atoms with E-state index in [1.165, 1.54) is 6.07 Å². The van der Waals surface area contributed by atoms with Crippen molar-refractivity contribution in [3.8, 4) is 6.07 Å². The Morgan fingerprint density at radius 1 is 1.27 bits per heavy atom. The van der Waals surface area contributed by atoms with Gasteiger partial charge in [-0.15, -0.1) is 5.10 Å². The second kappa shape index (κ2) is 8.09. The van der Waals surface area contributed by atoms with Gasteiger partial charge in [0, 0.05) is 19.1 Å². The van der Waals surface area contributed by atoms with Crippen LogP contribution in [0.1, 0.15) is 43.6 Å². The molecule has 1 aromatic carbocycles. The number of hydrogen-bond acceptors (Lipinski definition) is 6. The molecule has 1 fully saturated rings. The molecule has 1 aliphatic rings. The molecule has 2 aromatic rings. The Morgan fingerprint density at radius 3 is 2.77 bits per heavy atom. The number of anilines is 2. The van der Waals surface area contributed by atoms with E-state index >= 15 is 0 Å². The smallest absolute Gasteiger partial charge is 0.243 e. The van der Waals surface area contributed by atoms with Crippen molar-refractivity contribution in [3.63, 3.8) is 0 Å². The average molecular weight is 354 g/mol. The largest absolute Gasteiger partial charge is 0.367 e. The first-order valence-corrected chi connectivity index (χ1v) is 9.08. The molecule has 0 radical (unpaired) electrons. The molecule has 136 valence electrons. The highest BCUT2D eigenvalue weighted by atomic mass is 19.1. The fourth-order valence-corrected chi connectivity index (χ4v) is 3.33. The van der Waals surface area contributed by atoms with Gasteiger partial charge in [-0.1, -0.05) is 13.8 Å². The Bertz CT molecular complexity index is 816. The highest BCUT2D eigenvalue weighted by Crippen LogP contribution is 2.25. The first-order valence-electron chi connectivity index (χ1n) is 9.08. The summed E-state index contributed by atoms with van der Waals surface area (Å²) in [4.78, 5) is 6.59. The van der Waals surface area contributed by atoms with Crippen LogP contribution in [-0.2, 0) is 12.8 Å². The van der Waals surface area contributed by atoms with E-state index in [0.29, 0.717) is 23.7 Å². The van der Waals surface area contributed by atoms with E-state index in [2.05, 4.69) is 27.4 Å². The Balaban J connectivity index is 1.72. The van der Waals surface area contributed by atoms with Crippen LogP contribution in [-0.4, -0.2) is 34.3 Å². The quantitative estimate of drug-likeness (QED) is 0.889. The predicted octanol–water partition coefficient (Wildman–Crippen LogP) is 3.09. The van der Waals surface area contributed by atoms with Gasteiger partial charge in [0.2, 0.25) is 5.95 Å². The predicted molar refractivity (Wildman–Crippen MR) is 98.6 cm³/mol. The summed E-state index contributed by atoms with van der Waals surface area (Å²) in [6.45, 7) is 5.55. The number of aromatic nitrogens is 3. The number of nitriles is 1. The van der Waals surface area contributed by atoms with Crippen molar-refractivity contribution in [1.29, 1.82) is 5.26 Å². The van der Waals surface area contributed by atoms with Gasteiger partial charge in [-0.25, -0.2) is 9.37 Å². The normalized spacial score (nSPS) is 17.0. The molecular weight excluding hydrogens is 331 g/mol. The van der Waals surface area contributed by atoms with Crippen molar-refractivity contribution in [2.75, 3.05) is 23.3 Å². The molecule has 1 aromatic heterocycles. The van der Waals surface area contributed by atoms with Gasteiger partial charge in [0.25, 0.3) is 0 Å². The molecule has 0 saturated carbocycles. The maximum Gasteiger partial charge on any atom is 0.243 e. The van der Waals surface area contributed by atoms with Crippen LogP contribution in [0.4, 0.5) is 16.0 Å². The monoisotopic (exact) mass is 354 g/mol. The van der Waals surface area contributed by atoms with Gasteiger partial charge in [-0.3, -0.25) is 0 Å². The summed E-state index contributed by atoms with van der Waals surface area (Å²) < 4.78 is 14.3. The number of nitrogens with zero attached hydrogens (tertiary/aromatic N) is 5. The molecular formula is C19H23FN6. The molecule has 1 atom stereocenters. The molecule has 7 heteroatoms. The van der Waals surface area contributed by atoms with Gasteiger partial charge in [0.15, 0.2) is 0 Å². The Morgan fingerprint density at radius 2 is 2.08 bits per heavy atom. The molecule has 0 amide bonds. The molecule has 1 saturated heterocycles. The summed E-state index contributed by atoms with van der Waals surface area (Å²) in [5.41, 5.74) is 2.77. The van der Waals surface area contributed by atoms with E-state index in [1.807, 2.05) is 17.9 Å². The highest BCUT2D eigenvalue weighted by molar-refractivity contribution is 5.52. The maximum atomic E-state index is 14.3. The lowest BCUT2D eigenvalue weighted by Crippen LogP contribution is -2.43. The lowest BCUT2D eigenvalue weighted by molar-refractivity contribution is 0.516. The summed E-state index contributed by atoms with van der Waals surface area (Å²) in [5.74, 6) is 0.175. The summed E-state index contributed by atoms with van der Waals surface area (Å²) in [6, 6.07) is 6.71. The minimum Gasteiger partial charge on any atom is -0.367 e. The average Bonchev–Trinajstić information content (AvgIpc) is 2.68. The van der Waals surface area contributed by atoms with E-state index in [9.17, 15) is 4.39 Å². The summed E-state index contributed by atoms with van der Waals surface area (Å²) in [5, 5.41) is 20.7. The molecule has 0 bridgehead atoms. The Kier molecular flexibility index (Phi) is 5.61. The maximum absolute atomic E-state index is 14.3. The van der Waals surface area contributed by atoms with E-state index in [1.54, 1.807) is 12.1 Å². The van der Waals surface area contributed by atoms with Crippen molar-refractivity contribution >= 4 is 11.6 Å².